The Morgan fingerprint density at radius 1 is 0.944 bits per heavy atom. The molecule has 0 aliphatic heterocycles. The first-order valence-corrected chi connectivity index (χ1v) is 6.64. The molecule has 0 unspecified atom stereocenters. The summed E-state index contributed by atoms with van der Waals surface area (Å²) in [6.07, 6.45) is 4.64. The summed E-state index contributed by atoms with van der Waals surface area (Å²) in [7, 11) is 0. The van der Waals surface area contributed by atoms with Crippen LogP contribution in [0.25, 0.3) is 17.2 Å². The van der Waals surface area contributed by atoms with Crippen LogP contribution in [-0.4, -0.2) is 0 Å². The highest BCUT2D eigenvalue weighted by Crippen LogP contribution is 2.55. The van der Waals surface area contributed by atoms with Crippen molar-refractivity contribution >= 4 is 6.08 Å². The van der Waals surface area contributed by atoms with Gasteiger partial charge in [0.15, 0.2) is 0 Å². The van der Waals surface area contributed by atoms with Crippen molar-refractivity contribution in [3.8, 4) is 11.1 Å². The van der Waals surface area contributed by atoms with Crippen LogP contribution in [0.5, 0.6) is 0 Å². The third-order valence-corrected chi connectivity index (χ3v) is 4.87. The van der Waals surface area contributed by atoms with E-state index in [1.165, 1.54) is 27.8 Å². The van der Waals surface area contributed by atoms with Gasteiger partial charge in [0.25, 0.3) is 0 Å². The third kappa shape index (κ3) is 0.978. The van der Waals surface area contributed by atoms with Gasteiger partial charge in [-0.2, -0.15) is 0 Å². The summed E-state index contributed by atoms with van der Waals surface area (Å²) in [5.41, 5.74) is 7.42. The molecule has 0 bridgehead atoms. The summed E-state index contributed by atoms with van der Waals surface area (Å²) in [5.74, 6) is 0.551. The summed E-state index contributed by atoms with van der Waals surface area (Å²) in [6, 6.07) is 15.6. The van der Waals surface area contributed by atoms with Gasteiger partial charge in [-0.3, -0.25) is 0 Å². The van der Waals surface area contributed by atoms with Crippen LogP contribution in [0, 0.1) is 5.92 Å². The van der Waals surface area contributed by atoms with Crippen molar-refractivity contribution in [3.05, 3.63) is 65.2 Å². The highest BCUT2D eigenvalue weighted by Gasteiger charge is 2.44. The van der Waals surface area contributed by atoms with Crippen LogP contribution in [0.3, 0.4) is 0 Å². The first kappa shape index (κ1) is 10.1. The Morgan fingerprint density at radius 2 is 1.72 bits per heavy atom. The van der Waals surface area contributed by atoms with Gasteiger partial charge in [0.1, 0.15) is 0 Å². The maximum atomic E-state index is 2.40. The molecule has 2 aliphatic carbocycles. The van der Waals surface area contributed by atoms with Gasteiger partial charge >= 0.3 is 0 Å². The second kappa shape index (κ2) is 3.14. The molecule has 0 heterocycles. The number of benzene rings is 2. The highest BCUT2D eigenvalue weighted by molar-refractivity contribution is 5.86. The molecular weight excluding hydrogens is 216 g/mol. The lowest BCUT2D eigenvalue weighted by Gasteiger charge is -2.36. The Labute approximate surface area is 108 Å². The standard InChI is InChI=1S/C18H16/c1-12-10-11-13-6-5-8-15-14-7-3-4-9-16(14)18(12,2)17(13)15/h3-12H,1-2H3/t12-,18+/m0/s1. The van der Waals surface area contributed by atoms with E-state index < -0.39 is 0 Å². The Balaban J connectivity index is 2.19. The average molecular weight is 232 g/mol. The fourth-order valence-electron chi connectivity index (χ4n) is 3.73. The normalized spacial score (nSPS) is 26.9. The lowest BCUT2D eigenvalue weighted by molar-refractivity contribution is 0.452. The van der Waals surface area contributed by atoms with Gasteiger partial charge in [-0.15, -0.1) is 0 Å². The molecule has 2 aliphatic rings. The number of fused-ring (bicyclic) bond motifs is 3. The maximum Gasteiger partial charge on any atom is 0.0252 e. The fraction of sp³-hybridized carbons (Fsp3) is 0.222. The van der Waals surface area contributed by atoms with E-state index >= 15 is 0 Å². The van der Waals surface area contributed by atoms with Crippen molar-refractivity contribution in [1.82, 2.24) is 0 Å². The number of rotatable bonds is 0. The van der Waals surface area contributed by atoms with E-state index in [1.807, 2.05) is 0 Å². The Bertz CT molecular complexity index is 678. The van der Waals surface area contributed by atoms with Gasteiger partial charge < -0.3 is 0 Å². The molecule has 2 aromatic carbocycles. The van der Waals surface area contributed by atoms with Gasteiger partial charge in [0, 0.05) is 5.41 Å². The summed E-state index contributed by atoms with van der Waals surface area (Å²) in [6.45, 7) is 4.73. The lowest BCUT2D eigenvalue weighted by atomic mass is 9.67. The molecule has 0 nitrogen and oxygen atoms in total. The van der Waals surface area contributed by atoms with Crippen LogP contribution < -0.4 is 0 Å². The molecule has 88 valence electrons. The minimum atomic E-state index is 0.150. The molecular formula is C18H16. The predicted octanol–water partition coefficient (Wildman–Crippen LogP) is 4.64. The van der Waals surface area contributed by atoms with Crippen LogP contribution in [0.1, 0.15) is 30.5 Å². The molecule has 0 saturated carbocycles. The Hall–Kier alpha value is -1.82. The van der Waals surface area contributed by atoms with E-state index in [9.17, 15) is 0 Å². The molecule has 2 atom stereocenters. The largest absolute Gasteiger partial charge is 0.0799 e. The zero-order chi connectivity index (χ0) is 12.3. The second-order valence-electron chi connectivity index (χ2n) is 5.67. The molecule has 4 rings (SSSR count). The van der Waals surface area contributed by atoms with Crippen molar-refractivity contribution in [2.24, 2.45) is 5.92 Å². The highest BCUT2D eigenvalue weighted by atomic mass is 14.5. The SMILES string of the molecule is C[C@H]1C=Cc2cccc3c2[C@@]1(C)c1ccccc1-3. The predicted molar refractivity (Wildman–Crippen MR) is 76.5 cm³/mol. The molecule has 0 heteroatoms. The molecule has 0 fully saturated rings. The summed E-state index contributed by atoms with van der Waals surface area (Å²) >= 11 is 0. The van der Waals surface area contributed by atoms with E-state index in [1.54, 1.807) is 0 Å². The van der Waals surface area contributed by atoms with Gasteiger partial charge in [-0.25, -0.2) is 0 Å². The van der Waals surface area contributed by atoms with E-state index in [-0.39, 0.29) is 5.41 Å². The van der Waals surface area contributed by atoms with E-state index in [0.29, 0.717) is 5.92 Å². The van der Waals surface area contributed by atoms with Crippen molar-refractivity contribution in [2.75, 3.05) is 0 Å². The Kier molecular flexibility index (Phi) is 1.77. The van der Waals surface area contributed by atoms with E-state index in [4.69, 9.17) is 0 Å². The number of hydrogen-bond acceptors (Lipinski definition) is 0. The summed E-state index contributed by atoms with van der Waals surface area (Å²) < 4.78 is 0. The maximum absolute atomic E-state index is 2.40. The number of allylic oxidation sites excluding steroid dienone is 1. The second-order valence-corrected chi connectivity index (χ2v) is 5.67. The van der Waals surface area contributed by atoms with Crippen LogP contribution in [0.2, 0.25) is 0 Å². The zero-order valence-electron chi connectivity index (χ0n) is 10.8. The Morgan fingerprint density at radius 3 is 2.61 bits per heavy atom. The van der Waals surface area contributed by atoms with Crippen LogP contribution >= 0.6 is 0 Å². The first-order valence-electron chi connectivity index (χ1n) is 6.64. The average Bonchev–Trinajstić information content (AvgIpc) is 2.68. The van der Waals surface area contributed by atoms with Gasteiger partial charge in [0.2, 0.25) is 0 Å². The topological polar surface area (TPSA) is 0 Å². The molecule has 0 saturated heterocycles. The minimum absolute atomic E-state index is 0.150. The molecule has 0 N–H and O–H groups in total. The van der Waals surface area contributed by atoms with Crippen LogP contribution in [-0.2, 0) is 5.41 Å². The van der Waals surface area contributed by atoms with Crippen molar-refractivity contribution in [3.63, 3.8) is 0 Å². The molecule has 18 heavy (non-hydrogen) atoms. The van der Waals surface area contributed by atoms with E-state index in [2.05, 4.69) is 68.5 Å². The fourth-order valence-corrected chi connectivity index (χ4v) is 3.73. The van der Waals surface area contributed by atoms with Gasteiger partial charge in [-0.1, -0.05) is 68.5 Å². The van der Waals surface area contributed by atoms with Crippen molar-refractivity contribution in [1.29, 1.82) is 0 Å². The summed E-state index contributed by atoms with van der Waals surface area (Å²) in [4.78, 5) is 0. The molecule has 0 aromatic heterocycles. The quantitative estimate of drug-likeness (QED) is 0.621. The van der Waals surface area contributed by atoms with Crippen molar-refractivity contribution < 1.29 is 0 Å². The van der Waals surface area contributed by atoms with Crippen LogP contribution in [0.15, 0.2) is 48.5 Å². The zero-order valence-corrected chi connectivity index (χ0v) is 10.8. The smallest absolute Gasteiger partial charge is 0.0252 e. The van der Waals surface area contributed by atoms with Gasteiger partial charge in [0.05, 0.1) is 0 Å². The lowest BCUT2D eigenvalue weighted by Crippen LogP contribution is -2.30. The van der Waals surface area contributed by atoms with Crippen molar-refractivity contribution in [2.45, 2.75) is 19.3 Å². The summed E-state index contributed by atoms with van der Waals surface area (Å²) in [5, 5.41) is 0. The number of hydrogen-bond donors (Lipinski definition) is 0. The monoisotopic (exact) mass is 232 g/mol. The first-order chi connectivity index (χ1) is 8.73. The van der Waals surface area contributed by atoms with Gasteiger partial charge in [-0.05, 0) is 33.7 Å². The molecule has 2 aromatic rings. The molecule has 0 amide bonds. The van der Waals surface area contributed by atoms with Crippen LogP contribution in [0.4, 0.5) is 0 Å². The third-order valence-electron chi connectivity index (χ3n) is 4.87. The minimum Gasteiger partial charge on any atom is -0.0799 e. The van der Waals surface area contributed by atoms with E-state index in [0.717, 1.165) is 0 Å². The molecule has 0 spiro atoms. The molecule has 0 radical (unpaired) electrons.